The van der Waals surface area contributed by atoms with Crippen molar-refractivity contribution in [3.8, 4) is 22.6 Å². The van der Waals surface area contributed by atoms with Crippen molar-refractivity contribution in [2.45, 2.75) is 0 Å². The third kappa shape index (κ3) is 2.04. The van der Waals surface area contributed by atoms with Crippen LogP contribution in [0.25, 0.3) is 11.1 Å². The first-order valence-electron chi connectivity index (χ1n) is 4.84. The third-order valence-electron chi connectivity index (χ3n) is 2.36. The number of hydrogen-bond acceptors (Lipinski definition) is 2. The van der Waals surface area contributed by atoms with Crippen molar-refractivity contribution in [1.29, 1.82) is 0 Å². The zero-order chi connectivity index (χ0) is 11.5. The summed E-state index contributed by atoms with van der Waals surface area (Å²) in [6.07, 6.45) is 0. The largest absolute Gasteiger partial charge is 0.507 e. The van der Waals surface area contributed by atoms with Crippen LogP contribution in [0.3, 0.4) is 0 Å². The Hall–Kier alpha value is -1.48. The molecule has 1 N–H and O–H groups in total. The van der Waals surface area contributed by atoms with Crippen molar-refractivity contribution < 1.29 is 9.84 Å². The zero-order valence-corrected chi connectivity index (χ0v) is 10.4. The van der Waals surface area contributed by atoms with Crippen LogP contribution < -0.4 is 4.74 Å². The Labute approximate surface area is 103 Å². The van der Waals surface area contributed by atoms with Crippen molar-refractivity contribution in [3.05, 3.63) is 46.9 Å². The summed E-state index contributed by atoms with van der Waals surface area (Å²) in [5, 5.41) is 9.64. The van der Waals surface area contributed by atoms with Gasteiger partial charge in [0.2, 0.25) is 0 Å². The predicted octanol–water partition coefficient (Wildman–Crippen LogP) is 3.83. The molecule has 2 aromatic rings. The molecule has 0 aromatic heterocycles. The second-order valence-corrected chi connectivity index (χ2v) is 4.22. The van der Waals surface area contributed by atoms with Crippen molar-refractivity contribution in [1.82, 2.24) is 0 Å². The minimum Gasteiger partial charge on any atom is -0.507 e. The monoisotopic (exact) mass is 278 g/mol. The summed E-state index contributed by atoms with van der Waals surface area (Å²) in [5.41, 5.74) is 1.89. The van der Waals surface area contributed by atoms with E-state index < -0.39 is 0 Å². The van der Waals surface area contributed by atoms with E-state index >= 15 is 0 Å². The average molecular weight is 279 g/mol. The van der Waals surface area contributed by atoms with Crippen LogP contribution in [0.4, 0.5) is 0 Å². The molecule has 2 aromatic carbocycles. The first-order chi connectivity index (χ1) is 7.72. The fraction of sp³-hybridized carbons (Fsp3) is 0.0769. The van der Waals surface area contributed by atoms with Crippen molar-refractivity contribution in [2.75, 3.05) is 7.11 Å². The van der Waals surface area contributed by atoms with Crippen molar-refractivity contribution in [2.24, 2.45) is 0 Å². The molecule has 2 rings (SSSR count). The molecule has 82 valence electrons. The van der Waals surface area contributed by atoms with Gasteiger partial charge in [-0.15, -0.1) is 0 Å². The van der Waals surface area contributed by atoms with Gasteiger partial charge in [-0.1, -0.05) is 24.3 Å². The number of phenolic OH excluding ortho intramolecular Hbond substituents is 1. The number of benzene rings is 2. The number of methoxy groups -OCH3 is 1. The molecule has 0 aliphatic carbocycles. The van der Waals surface area contributed by atoms with E-state index in [0.29, 0.717) is 4.47 Å². The Morgan fingerprint density at radius 2 is 1.88 bits per heavy atom. The maximum atomic E-state index is 9.64. The summed E-state index contributed by atoms with van der Waals surface area (Å²) in [5.74, 6) is 1.02. The Balaban J connectivity index is 2.54. The SMILES string of the molecule is COc1ccccc1-c1ccc(Br)c(O)c1. The van der Waals surface area contributed by atoms with Gasteiger partial charge in [0.05, 0.1) is 11.6 Å². The molecule has 2 nitrogen and oxygen atoms in total. The molecule has 0 heterocycles. The van der Waals surface area contributed by atoms with Gasteiger partial charge in [0.1, 0.15) is 11.5 Å². The van der Waals surface area contributed by atoms with E-state index in [0.717, 1.165) is 16.9 Å². The van der Waals surface area contributed by atoms with Gasteiger partial charge >= 0.3 is 0 Å². The van der Waals surface area contributed by atoms with Crippen LogP contribution in [-0.2, 0) is 0 Å². The number of ether oxygens (including phenoxy) is 1. The summed E-state index contributed by atoms with van der Waals surface area (Å²) in [4.78, 5) is 0. The number of rotatable bonds is 2. The fourth-order valence-electron chi connectivity index (χ4n) is 1.56. The average Bonchev–Trinajstić information content (AvgIpc) is 2.32. The van der Waals surface area contributed by atoms with Crippen molar-refractivity contribution >= 4 is 15.9 Å². The Morgan fingerprint density at radius 1 is 1.12 bits per heavy atom. The van der Waals surface area contributed by atoms with Gasteiger partial charge in [0, 0.05) is 5.56 Å². The molecular weight excluding hydrogens is 268 g/mol. The highest BCUT2D eigenvalue weighted by atomic mass is 79.9. The van der Waals surface area contributed by atoms with Crippen LogP contribution in [0.2, 0.25) is 0 Å². The van der Waals surface area contributed by atoms with E-state index in [-0.39, 0.29) is 5.75 Å². The molecule has 0 fully saturated rings. The topological polar surface area (TPSA) is 29.5 Å². The van der Waals surface area contributed by atoms with Crippen LogP contribution in [-0.4, -0.2) is 12.2 Å². The molecule has 0 bridgehead atoms. The maximum absolute atomic E-state index is 9.64. The second kappa shape index (κ2) is 4.58. The van der Waals surface area contributed by atoms with Crippen LogP contribution in [0.1, 0.15) is 0 Å². The van der Waals surface area contributed by atoms with E-state index in [1.165, 1.54) is 0 Å². The lowest BCUT2D eigenvalue weighted by Crippen LogP contribution is -1.87. The summed E-state index contributed by atoms with van der Waals surface area (Å²) in [6, 6.07) is 13.2. The predicted molar refractivity (Wildman–Crippen MR) is 67.8 cm³/mol. The summed E-state index contributed by atoms with van der Waals surface area (Å²) in [7, 11) is 1.64. The minimum atomic E-state index is 0.225. The summed E-state index contributed by atoms with van der Waals surface area (Å²) in [6.45, 7) is 0. The molecule has 0 aliphatic rings. The number of halogens is 1. The second-order valence-electron chi connectivity index (χ2n) is 3.37. The van der Waals surface area contributed by atoms with E-state index in [1.54, 1.807) is 13.2 Å². The highest BCUT2D eigenvalue weighted by Gasteiger charge is 2.06. The molecule has 0 atom stereocenters. The summed E-state index contributed by atoms with van der Waals surface area (Å²) < 4.78 is 5.96. The molecule has 0 aliphatic heterocycles. The quantitative estimate of drug-likeness (QED) is 0.905. The highest BCUT2D eigenvalue weighted by Crippen LogP contribution is 2.34. The molecule has 16 heavy (non-hydrogen) atoms. The standard InChI is InChI=1S/C13H11BrO2/c1-16-13-5-3-2-4-10(13)9-6-7-11(14)12(15)8-9/h2-8,15H,1H3. The van der Waals surface area contributed by atoms with Gasteiger partial charge in [0.25, 0.3) is 0 Å². The molecular formula is C13H11BrO2. The van der Waals surface area contributed by atoms with Gasteiger partial charge in [-0.3, -0.25) is 0 Å². The number of para-hydroxylation sites is 1. The lowest BCUT2D eigenvalue weighted by Gasteiger charge is -2.08. The highest BCUT2D eigenvalue weighted by molar-refractivity contribution is 9.10. The van der Waals surface area contributed by atoms with Gasteiger partial charge in [-0.2, -0.15) is 0 Å². The molecule has 0 radical (unpaired) electrons. The van der Waals surface area contributed by atoms with E-state index in [9.17, 15) is 5.11 Å². The van der Waals surface area contributed by atoms with E-state index in [4.69, 9.17) is 4.74 Å². The lowest BCUT2D eigenvalue weighted by molar-refractivity contribution is 0.416. The molecule has 0 unspecified atom stereocenters. The minimum absolute atomic E-state index is 0.225. The maximum Gasteiger partial charge on any atom is 0.130 e. The van der Waals surface area contributed by atoms with Crippen LogP contribution in [0.15, 0.2) is 46.9 Å². The van der Waals surface area contributed by atoms with E-state index in [2.05, 4.69) is 15.9 Å². The van der Waals surface area contributed by atoms with Crippen molar-refractivity contribution in [3.63, 3.8) is 0 Å². The lowest BCUT2D eigenvalue weighted by atomic mass is 10.0. The van der Waals surface area contributed by atoms with Gasteiger partial charge in [0.15, 0.2) is 0 Å². The molecule has 0 saturated carbocycles. The number of aromatic hydroxyl groups is 1. The normalized spacial score (nSPS) is 10.1. The van der Waals surface area contributed by atoms with Gasteiger partial charge in [-0.25, -0.2) is 0 Å². The Bertz CT molecular complexity index is 509. The van der Waals surface area contributed by atoms with Gasteiger partial charge < -0.3 is 9.84 Å². The summed E-state index contributed by atoms with van der Waals surface area (Å²) >= 11 is 3.26. The molecule has 0 amide bonds. The van der Waals surface area contributed by atoms with Crippen LogP contribution >= 0.6 is 15.9 Å². The molecule has 0 saturated heterocycles. The first-order valence-corrected chi connectivity index (χ1v) is 5.63. The molecule has 0 spiro atoms. The van der Waals surface area contributed by atoms with Gasteiger partial charge in [-0.05, 0) is 39.7 Å². The smallest absolute Gasteiger partial charge is 0.130 e. The number of phenols is 1. The Kier molecular flexibility index (Phi) is 3.15. The van der Waals surface area contributed by atoms with Crippen LogP contribution in [0.5, 0.6) is 11.5 Å². The first kappa shape index (κ1) is 11.0. The zero-order valence-electron chi connectivity index (χ0n) is 8.77. The number of hydrogen-bond donors (Lipinski definition) is 1. The van der Waals surface area contributed by atoms with E-state index in [1.807, 2.05) is 36.4 Å². The fourth-order valence-corrected chi connectivity index (χ4v) is 1.81. The van der Waals surface area contributed by atoms with Crippen LogP contribution in [0, 0.1) is 0 Å². The Morgan fingerprint density at radius 3 is 2.56 bits per heavy atom. The molecule has 3 heteroatoms. The third-order valence-corrected chi connectivity index (χ3v) is 3.03.